The molecule has 0 aliphatic carbocycles. The first-order valence-corrected chi connectivity index (χ1v) is 15.2. The molecule has 0 aromatic heterocycles. The molecule has 0 bridgehead atoms. The Morgan fingerprint density at radius 1 is 0.280 bits per heavy atom. The molecule has 6 aromatic carbocycles. The van der Waals surface area contributed by atoms with E-state index in [0.717, 1.165) is 22.5 Å². The molecule has 0 unspecified atom stereocenters. The molecular weight excluding hydrogens is 636 g/mol. The summed E-state index contributed by atoms with van der Waals surface area (Å²) >= 11 is 0. The summed E-state index contributed by atoms with van der Waals surface area (Å²) in [6, 6.07) is 39.7. The second kappa shape index (κ2) is 13.9. The lowest BCUT2D eigenvalue weighted by Gasteiger charge is -2.27. The molecule has 6 aromatic rings. The number of carbonyl (C=O) groups is 4. The molecular formula is C40H24N2O8-4. The number of aromatic carboxylic acids is 4. The average molecular weight is 661 g/mol. The van der Waals surface area contributed by atoms with Gasteiger partial charge in [-0.15, -0.1) is 0 Å². The van der Waals surface area contributed by atoms with E-state index in [4.69, 9.17) is 0 Å². The van der Waals surface area contributed by atoms with Gasteiger partial charge in [-0.05, 0) is 106 Å². The number of carboxylic acid groups (broad SMARTS) is 4. The summed E-state index contributed by atoms with van der Waals surface area (Å²) in [6.07, 6.45) is 0. The normalized spacial score (nSPS) is 10.6. The molecule has 0 N–H and O–H groups in total. The zero-order chi connectivity index (χ0) is 35.4. The third-order valence-electron chi connectivity index (χ3n) is 8.03. The monoisotopic (exact) mass is 660 g/mol. The lowest BCUT2D eigenvalue weighted by atomic mass is 10.0. The summed E-state index contributed by atoms with van der Waals surface area (Å²) in [5.74, 6) is -5.21. The quantitative estimate of drug-likeness (QED) is 0.200. The van der Waals surface area contributed by atoms with Crippen LogP contribution in [-0.2, 0) is 0 Å². The Labute approximate surface area is 286 Å². The third-order valence-corrected chi connectivity index (χ3v) is 8.03. The van der Waals surface area contributed by atoms with E-state index < -0.39 is 23.9 Å². The highest BCUT2D eigenvalue weighted by Gasteiger charge is 2.16. The third kappa shape index (κ3) is 6.90. The molecule has 50 heavy (non-hydrogen) atoms. The van der Waals surface area contributed by atoms with Gasteiger partial charge in [-0.2, -0.15) is 0 Å². The van der Waals surface area contributed by atoms with E-state index in [1.54, 1.807) is 48.5 Å². The summed E-state index contributed by atoms with van der Waals surface area (Å²) in [4.78, 5) is 49.0. The molecule has 0 heterocycles. The van der Waals surface area contributed by atoms with Crippen molar-refractivity contribution >= 4 is 58.0 Å². The van der Waals surface area contributed by atoms with E-state index in [9.17, 15) is 39.6 Å². The van der Waals surface area contributed by atoms with Crippen LogP contribution in [0, 0.1) is 0 Å². The summed E-state index contributed by atoms with van der Waals surface area (Å²) in [5, 5.41) is 45.3. The zero-order valence-corrected chi connectivity index (χ0v) is 26.0. The molecule has 0 aliphatic rings. The number of nitrogens with zero attached hydrogens (tertiary/aromatic N) is 2. The fourth-order valence-corrected chi connectivity index (χ4v) is 5.49. The van der Waals surface area contributed by atoms with Gasteiger partial charge in [0.2, 0.25) is 0 Å². The van der Waals surface area contributed by atoms with Crippen molar-refractivity contribution in [1.29, 1.82) is 0 Å². The zero-order valence-electron chi connectivity index (χ0n) is 26.0. The number of hydrogen-bond donors (Lipinski definition) is 0. The number of carbonyl (C=O) groups excluding carboxylic acids is 4. The van der Waals surface area contributed by atoms with Gasteiger partial charge in [0.1, 0.15) is 0 Å². The van der Waals surface area contributed by atoms with Gasteiger partial charge in [-0.1, -0.05) is 72.8 Å². The molecule has 0 radical (unpaired) electrons. The van der Waals surface area contributed by atoms with Crippen LogP contribution in [0.25, 0.3) is 11.1 Å². The SMILES string of the molecule is O=C([O-])c1ccc(N(c2ccc(C(=O)[O-])cc2)c2ccc(-c3ccc(N(c4ccc(C(=O)[O-])cc4)c4ccc(C(=O)[O-])cc4)cc3)cc2)cc1. The predicted molar refractivity (Wildman–Crippen MR) is 179 cm³/mol. The van der Waals surface area contributed by atoms with Gasteiger partial charge >= 0.3 is 0 Å². The van der Waals surface area contributed by atoms with E-state index in [0.29, 0.717) is 22.7 Å². The Kier molecular flexibility index (Phi) is 9.09. The molecule has 246 valence electrons. The Bertz CT molecular complexity index is 1900. The van der Waals surface area contributed by atoms with Crippen molar-refractivity contribution in [2.24, 2.45) is 0 Å². The molecule has 0 amide bonds. The standard InChI is InChI=1S/C40H28N2O8/c43-37(44)27-5-17-33(18-6-27)41(34-19-7-28(8-20-34)38(45)46)31-13-1-25(2-14-31)26-3-15-32(16-4-26)42(35-21-9-29(10-22-35)39(47)48)36-23-11-30(12-24-36)40(49)50/h1-24H,(H,43,44)(H,45,46)(H,47,48)(H,49,50)/p-4. The first kappa shape index (κ1) is 32.7. The lowest BCUT2D eigenvalue weighted by molar-refractivity contribution is -0.256. The fraction of sp³-hybridized carbons (Fsp3) is 0. The Morgan fingerprint density at radius 3 is 0.600 bits per heavy atom. The number of anilines is 6. The largest absolute Gasteiger partial charge is 0.545 e. The molecule has 0 aliphatic heterocycles. The van der Waals surface area contributed by atoms with Crippen LogP contribution in [-0.4, -0.2) is 23.9 Å². The van der Waals surface area contributed by atoms with E-state index in [1.807, 2.05) is 58.3 Å². The molecule has 0 spiro atoms. The van der Waals surface area contributed by atoms with Crippen molar-refractivity contribution in [3.63, 3.8) is 0 Å². The van der Waals surface area contributed by atoms with E-state index in [-0.39, 0.29) is 22.3 Å². The van der Waals surface area contributed by atoms with Gasteiger partial charge in [0.05, 0.1) is 23.9 Å². The molecule has 10 heteroatoms. The smallest absolute Gasteiger partial charge is 0.0715 e. The van der Waals surface area contributed by atoms with Crippen LogP contribution < -0.4 is 30.2 Å². The van der Waals surface area contributed by atoms with Crippen molar-refractivity contribution in [3.05, 3.63) is 168 Å². The second-order valence-corrected chi connectivity index (χ2v) is 11.1. The molecule has 10 nitrogen and oxygen atoms in total. The molecule has 6 rings (SSSR count). The average Bonchev–Trinajstić information content (AvgIpc) is 3.13. The number of carboxylic acids is 4. The highest BCUT2D eigenvalue weighted by atomic mass is 16.4. The van der Waals surface area contributed by atoms with E-state index >= 15 is 0 Å². The first-order chi connectivity index (χ1) is 24.1. The van der Waals surface area contributed by atoms with Gasteiger partial charge in [-0.25, -0.2) is 0 Å². The van der Waals surface area contributed by atoms with Crippen LogP contribution in [0.1, 0.15) is 41.4 Å². The van der Waals surface area contributed by atoms with Crippen molar-refractivity contribution in [2.75, 3.05) is 9.80 Å². The van der Waals surface area contributed by atoms with Crippen molar-refractivity contribution in [3.8, 4) is 11.1 Å². The van der Waals surface area contributed by atoms with Gasteiger partial charge in [0.25, 0.3) is 0 Å². The topological polar surface area (TPSA) is 167 Å². The summed E-state index contributed by atoms with van der Waals surface area (Å²) < 4.78 is 0. The Hall–Kier alpha value is -7.20. The van der Waals surface area contributed by atoms with E-state index in [1.165, 1.54) is 48.5 Å². The number of hydrogen-bond acceptors (Lipinski definition) is 10. The maximum Gasteiger partial charge on any atom is 0.0715 e. The molecule has 0 saturated heterocycles. The summed E-state index contributed by atoms with van der Waals surface area (Å²) in [5.41, 5.74) is 5.80. The van der Waals surface area contributed by atoms with Crippen molar-refractivity contribution < 1.29 is 39.6 Å². The van der Waals surface area contributed by atoms with Crippen LogP contribution in [0.5, 0.6) is 0 Å². The second-order valence-electron chi connectivity index (χ2n) is 11.1. The minimum absolute atomic E-state index is 0.0162. The van der Waals surface area contributed by atoms with Crippen LogP contribution in [0.3, 0.4) is 0 Å². The Balaban J connectivity index is 1.32. The van der Waals surface area contributed by atoms with Crippen molar-refractivity contribution in [1.82, 2.24) is 0 Å². The lowest BCUT2D eigenvalue weighted by Crippen LogP contribution is -2.22. The maximum atomic E-state index is 11.3. The van der Waals surface area contributed by atoms with Gasteiger partial charge < -0.3 is 49.4 Å². The maximum absolute atomic E-state index is 11.3. The highest BCUT2D eigenvalue weighted by Crippen LogP contribution is 2.38. The van der Waals surface area contributed by atoms with Crippen LogP contribution in [0.4, 0.5) is 34.1 Å². The van der Waals surface area contributed by atoms with Gasteiger partial charge in [-0.3, -0.25) is 0 Å². The summed E-state index contributed by atoms with van der Waals surface area (Å²) in [6.45, 7) is 0. The highest BCUT2D eigenvalue weighted by molar-refractivity contribution is 5.90. The Morgan fingerprint density at radius 2 is 0.440 bits per heavy atom. The minimum atomic E-state index is -1.30. The fourth-order valence-electron chi connectivity index (χ4n) is 5.49. The van der Waals surface area contributed by atoms with E-state index in [2.05, 4.69) is 0 Å². The summed E-state index contributed by atoms with van der Waals surface area (Å²) in [7, 11) is 0. The molecule has 0 atom stereocenters. The molecule has 0 fully saturated rings. The number of benzene rings is 6. The predicted octanol–water partition coefficient (Wildman–Crippen LogP) is 3.75. The van der Waals surface area contributed by atoms with Crippen LogP contribution in [0.15, 0.2) is 146 Å². The van der Waals surface area contributed by atoms with Crippen LogP contribution >= 0.6 is 0 Å². The molecule has 0 saturated carbocycles. The van der Waals surface area contributed by atoms with Gasteiger partial charge in [0, 0.05) is 34.1 Å². The van der Waals surface area contributed by atoms with Crippen LogP contribution in [0.2, 0.25) is 0 Å². The van der Waals surface area contributed by atoms with Crippen molar-refractivity contribution in [2.45, 2.75) is 0 Å². The first-order valence-electron chi connectivity index (χ1n) is 15.2. The minimum Gasteiger partial charge on any atom is -0.545 e. The van der Waals surface area contributed by atoms with Gasteiger partial charge in [0.15, 0.2) is 0 Å². The number of rotatable bonds is 11.